The lowest BCUT2D eigenvalue weighted by Crippen LogP contribution is -2.33. The minimum atomic E-state index is -0.727. The normalized spacial score (nSPS) is 11.8. The first-order chi connectivity index (χ1) is 15.3. The van der Waals surface area contributed by atoms with Crippen LogP contribution < -0.4 is 14.9 Å². The summed E-state index contributed by atoms with van der Waals surface area (Å²) in [5.74, 6) is -0.0850. The first-order valence-corrected chi connectivity index (χ1v) is 10.9. The van der Waals surface area contributed by atoms with Crippen LogP contribution in [0, 0.1) is 0 Å². The minimum absolute atomic E-state index is 0.209. The molecule has 0 heterocycles. The van der Waals surface area contributed by atoms with Gasteiger partial charge in [-0.1, -0.05) is 39.1 Å². The van der Waals surface area contributed by atoms with Crippen LogP contribution in [0.3, 0.4) is 0 Å². The van der Waals surface area contributed by atoms with Gasteiger partial charge in [-0.15, -0.1) is 0 Å². The number of hydrazone groups is 1. The summed E-state index contributed by atoms with van der Waals surface area (Å²) in [7, 11) is 0. The number of carbonyl (C=O) groups is 2. The zero-order valence-corrected chi connectivity index (χ0v) is 19.8. The zero-order valence-electron chi connectivity index (χ0n) is 16.7. The molecular weight excluding hydrogens is 519 g/mol. The smallest absolute Gasteiger partial charge is 0.345 e. The van der Waals surface area contributed by atoms with Crippen LogP contribution in [0.4, 0.5) is 0 Å². The fourth-order valence-corrected chi connectivity index (χ4v) is 3.22. The van der Waals surface area contributed by atoms with Gasteiger partial charge in [-0.05, 0) is 79.2 Å². The lowest BCUT2D eigenvalue weighted by atomic mass is 10.2. The van der Waals surface area contributed by atoms with Gasteiger partial charge in [0, 0.05) is 9.50 Å². The highest BCUT2D eigenvalue weighted by Gasteiger charge is 2.14. The van der Waals surface area contributed by atoms with Crippen molar-refractivity contribution in [3.8, 4) is 11.5 Å². The van der Waals surface area contributed by atoms with Crippen LogP contribution in [0.5, 0.6) is 11.5 Å². The molecule has 0 spiro atoms. The summed E-state index contributed by atoms with van der Waals surface area (Å²) in [6.07, 6.45) is 0.737. The van der Waals surface area contributed by atoms with Crippen molar-refractivity contribution in [1.29, 1.82) is 0 Å². The number of nitrogens with one attached hydrogen (secondary N) is 1. The third-order valence-electron chi connectivity index (χ3n) is 4.13. The van der Waals surface area contributed by atoms with Gasteiger partial charge in [0.15, 0.2) is 6.10 Å². The number of nitrogens with zero attached hydrogens (tertiary/aromatic N) is 1. The van der Waals surface area contributed by atoms with Gasteiger partial charge in [0.1, 0.15) is 11.5 Å². The summed E-state index contributed by atoms with van der Waals surface area (Å²) in [5, 5.41) is 4.56. The number of benzene rings is 3. The van der Waals surface area contributed by atoms with Crippen LogP contribution in [-0.2, 0) is 4.79 Å². The molecule has 0 aromatic heterocycles. The number of halogens is 3. The predicted octanol–water partition coefficient (Wildman–Crippen LogP) is 5.89. The molecule has 1 N–H and O–H groups in total. The highest BCUT2D eigenvalue weighted by molar-refractivity contribution is 9.10. The van der Waals surface area contributed by atoms with E-state index in [-0.39, 0.29) is 10.6 Å². The summed E-state index contributed by atoms with van der Waals surface area (Å²) in [4.78, 5) is 24.4. The van der Waals surface area contributed by atoms with E-state index in [0.29, 0.717) is 22.1 Å². The predicted molar refractivity (Wildman–Crippen MR) is 128 cm³/mol. The standard InChI is InChI=1S/C23H17BrCl2N2O4/c1-14(31-18-9-4-16(24)5-10-18)22(29)28-27-13-15-2-7-19(8-3-15)32-23(30)20-11-6-17(25)12-21(20)26/h2-14H,1H3,(H,28,29)/b27-13+. The molecule has 6 nitrogen and oxygen atoms in total. The summed E-state index contributed by atoms with van der Waals surface area (Å²) < 4.78 is 11.8. The molecule has 1 amide bonds. The zero-order chi connectivity index (χ0) is 23.1. The van der Waals surface area contributed by atoms with Crippen LogP contribution in [0.15, 0.2) is 76.3 Å². The van der Waals surface area contributed by atoms with Crippen LogP contribution in [-0.4, -0.2) is 24.2 Å². The lowest BCUT2D eigenvalue weighted by molar-refractivity contribution is -0.127. The molecule has 9 heteroatoms. The van der Waals surface area contributed by atoms with Crippen LogP contribution in [0.2, 0.25) is 10.0 Å². The maximum Gasteiger partial charge on any atom is 0.345 e. The molecule has 1 atom stereocenters. The fraction of sp³-hybridized carbons (Fsp3) is 0.0870. The number of hydrogen-bond donors (Lipinski definition) is 1. The average molecular weight is 536 g/mol. The van der Waals surface area contributed by atoms with E-state index in [1.807, 2.05) is 12.1 Å². The number of esters is 1. The Bertz CT molecular complexity index is 1140. The molecule has 3 rings (SSSR count). The van der Waals surface area contributed by atoms with Gasteiger partial charge in [-0.25, -0.2) is 10.2 Å². The van der Waals surface area contributed by atoms with E-state index in [0.717, 1.165) is 4.47 Å². The highest BCUT2D eigenvalue weighted by atomic mass is 79.9. The molecule has 164 valence electrons. The summed E-state index contributed by atoms with van der Waals surface area (Å²) >= 11 is 15.2. The van der Waals surface area contributed by atoms with Crippen molar-refractivity contribution in [1.82, 2.24) is 5.43 Å². The third-order valence-corrected chi connectivity index (χ3v) is 5.20. The number of amides is 1. The van der Waals surface area contributed by atoms with E-state index in [4.69, 9.17) is 32.7 Å². The SMILES string of the molecule is CC(Oc1ccc(Br)cc1)C(=O)N/N=C/c1ccc(OC(=O)c2ccc(Cl)cc2Cl)cc1. The molecule has 3 aromatic rings. The highest BCUT2D eigenvalue weighted by Crippen LogP contribution is 2.23. The Labute approximate surface area is 203 Å². The summed E-state index contributed by atoms with van der Waals surface area (Å²) in [5.41, 5.74) is 3.33. The Morgan fingerprint density at radius 1 is 1.00 bits per heavy atom. The van der Waals surface area contributed by atoms with Crippen molar-refractivity contribution in [2.75, 3.05) is 0 Å². The molecule has 0 radical (unpaired) electrons. The molecule has 0 aliphatic rings. The van der Waals surface area contributed by atoms with Crippen molar-refractivity contribution < 1.29 is 19.1 Å². The second-order valence-corrected chi connectivity index (χ2v) is 8.29. The molecule has 0 fully saturated rings. The summed E-state index contributed by atoms with van der Waals surface area (Å²) in [6, 6.07) is 18.3. The molecule has 0 saturated heterocycles. The van der Waals surface area contributed by atoms with Crippen molar-refractivity contribution in [2.24, 2.45) is 5.10 Å². The van der Waals surface area contributed by atoms with Gasteiger partial charge < -0.3 is 9.47 Å². The van der Waals surface area contributed by atoms with Gasteiger partial charge in [0.05, 0.1) is 16.8 Å². The quantitative estimate of drug-likeness (QED) is 0.177. The molecule has 0 aliphatic carbocycles. The van der Waals surface area contributed by atoms with Crippen molar-refractivity contribution >= 4 is 57.2 Å². The molecule has 1 unspecified atom stereocenters. The Kier molecular flexibility index (Phi) is 8.27. The molecule has 3 aromatic carbocycles. The van der Waals surface area contributed by atoms with E-state index in [1.54, 1.807) is 49.4 Å². The monoisotopic (exact) mass is 534 g/mol. The van der Waals surface area contributed by atoms with Crippen molar-refractivity contribution in [3.63, 3.8) is 0 Å². The second-order valence-electron chi connectivity index (χ2n) is 6.53. The topological polar surface area (TPSA) is 77.0 Å². The fourth-order valence-electron chi connectivity index (χ4n) is 2.47. The third kappa shape index (κ3) is 6.82. The molecule has 0 saturated carbocycles. The van der Waals surface area contributed by atoms with E-state index in [9.17, 15) is 9.59 Å². The average Bonchev–Trinajstić information content (AvgIpc) is 2.76. The molecule has 32 heavy (non-hydrogen) atoms. The van der Waals surface area contributed by atoms with E-state index in [1.165, 1.54) is 18.3 Å². The van der Waals surface area contributed by atoms with Crippen molar-refractivity contribution in [2.45, 2.75) is 13.0 Å². The largest absolute Gasteiger partial charge is 0.481 e. The second kappa shape index (κ2) is 11.1. The van der Waals surface area contributed by atoms with E-state index >= 15 is 0 Å². The Hall–Kier alpha value is -2.87. The van der Waals surface area contributed by atoms with E-state index in [2.05, 4.69) is 26.5 Å². The van der Waals surface area contributed by atoms with Gasteiger partial charge in [-0.2, -0.15) is 5.10 Å². The molecule has 0 aliphatic heterocycles. The van der Waals surface area contributed by atoms with Gasteiger partial charge in [0.25, 0.3) is 5.91 Å². The van der Waals surface area contributed by atoms with Gasteiger partial charge in [0.2, 0.25) is 0 Å². The Morgan fingerprint density at radius 3 is 2.31 bits per heavy atom. The lowest BCUT2D eigenvalue weighted by Gasteiger charge is -2.12. The van der Waals surface area contributed by atoms with Crippen LogP contribution in [0.1, 0.15) is 22.8 Å². The number of hydrogen-bond acceptors (Lipinski definition) is 5. The maximum atomic E-state index is 12.3. The van der Waals surface area contributed by atoms with Crippen molar-refractivity contribution in [3.05, 3.63) is 92.4 Å². The first kappa shape index (κ1) is 23.8. The molecule has 0 bridgehead atoms. The van der Waals surface area contributed by atoms with E-state index < -0.39 is 18.0 Å². The Morgan fingerprint density at radius 2 is 1.66 bits per heavy atom. The van der Waals surface area contributed by atoms with Gasteiger partial charge in [-0.3, -0.25) is 4.79 Å². The minimum Gasteiger partial charge on any atom is -0.481 e. The number of carbonyl (C=O) groups excluding carboxylic acids is 2. The molecular formula is C23H17BrCl2N2O4. The maximum absolute atomic E-state index is 12.3. The van der Waals surface area contributed by atoms with Crippen LogP contribution in [0.25, 0.3) is 0 Å². The Balaban J connectivity index is 1.51. The van der Waals surface area contributed by atoms with Gasteiger partial charge >= 0.3 is 5.97 Å². The first-order valence-electron chi connectivity index (χ1n) is 9.34. The number of rotatable bonds is 7. The van der Waals surface area contributed by atoms with Crippen LogP contribution >= 0.6 is 39.1 Å². The summed E-state index contributed by atoms with van der Waals surface area (Å²) in [6.45, 7) is 1.63. The number of ether oxygens (including phenoxy) is 2.